The molecule has 0 aliphatic rings. The first kappa shape index (κ1) is 28.1. The Morgan fingerprint density at radius 3 is 1.00 bits per heavy atom. The van der Waals surface area contributed by atoms with Gasteiger partial charge < -0.3 is 0 Å². The van der Waals surface area contributed by atoms with Crippen LogP contribution in [-0.4, -0.2) is 12.4 Å². The van der Waals surface area contributed by atoms with Crippen molar-refractivity contribution < 1.29 is 16.5 Å². The van der Waals surface area contributed by atoms with Crippen molar-refractivity contribution in [3.05, 3.63) is 58.7 Å². The molecular weight excluding hydrogens is 606 g/mol. The first-order valence-corrected chi connectivity index (χ1v) is 16.4. The zero-order chi connectivity index (χ0) is 23.6. The molecule has 0 radical (unpaired) electrons. The van der Waals surface area contributed by atoms with Crippen LogP contribution < -0.4 is 0 Å². The molecule has 2 aromatic rings. The van der Waals surface area contributed by atoms with Gasteiger partial charge in [0.15, 0.2) is 0 Å². The third-order valence-electron chi connectivity index (χ3n) is 5.16. The second-order valence-corrected chi connectivity index (χ2v) is 12.1. The number of halogens is 2. The summed E-state index contributed by atoms with van der Waals surface area (Å²) in [7, 11) is 9.75. The van der Waals surface area contributed by atoms with Crippen LogP contribution >= 0.6 is 18.8 Å². The zero-order valence-electron chi connectivity index (χ0n) is 19.9. The van der Waals surface area contributed by atoms with Crippen LogP contribution in [0.3, 0.4) is 0 Å². The molecule has 174 valence electrons. The van der Waals surface area contributed by atoms with Crippen molar-refractivity contribution in [1.29, 1.82) is 0 Å². The van der Waals surface area contributed by atoms with Crippen LogP contribution in [0.1, 0.15) is 101 Å². The minimum atomic E-state index is -0.472. The third-order valence-corrected chi connectivity index (χ3v) is 5.16. The first-order chi connectivity index (χ1) is 14.6. The van der Waals surface area contributed by atoms with Gasteiger partial charge in [-0.3, -0.25) is 9.98 Å². The van der Waals surface area contributed by atoms with Crippen LogP contribution in [0, 0.1) is 0 Å². The fraction of sp³-hybridized carbons (Fsp3) is 0.462. The molecule has 5 heteroatoms. The van der Waals surface area contributed by atoms with E-state index in [9.17, 15) is 0 Å². The second kappa shape index (κ2) is 14.2. The van der Waals surface area contributed by atoms with Gasteiger partial charge in [-0.15, -0.1) is 0 Å². The molecule has 2 nitrogen and oxygen atoms in total. The average Bonchev–Trinajstić information content (AvgIpc) is 2.71. The van der Waals surface area contributed by atoms with E-state index >= 15 is 0 Å². The van der Waals surface area contributed by atoms with Crippen LogP contribution in [0.25, 0.3) is 0 Å². The predicted molar refractivity (Wildman–Crippen MR) is 137 cm³/mol. The van der Waals surface area contributed by atoms with Gasteiger partial charge in [0.1, 0.15) is 0 Å². The van der Waals surface area contributed by atoms with Gasteiger partial charge in [-0.1, -0.05) is 91.8 Å². The van der Waals surface area contributed by atoms with Gasteiger partial charge in [0, 0.05) is 12.4 Å². The number of para-hydroxylation sites is 2. The van der Waals surface area contributed by atoms with Crippen molar-refractivity contribution in [3.63, 3.8) is 0 Å². The molecule has 0 aromatic heterocycles. The molecule has 0 atom stereocenters. The molecule has 0 aliphatic carbocycles. The molecule has 0 amide bonds. The Balaban J connectivity index is 0.00000151. The van der Waals surface area contributed by atoms with Gasteiger partial charge in [0.2, 0.25) is 0 Å². The molecule has 0 spiro atoms. The van der Waals surface area contributed by atoms with Gasteiger partial charge in [-0.25, -0.2) is 0 Å². The van der Waals surface area contributed by atoms with E-state index in [1.54, 1.807) is 0 Å². The summed E-state index contributed by atoms with van der Waals surface area (Å²) in [5, 5.41) is 0. The Labute approximate surface area is 206 Å². The van der Waals surface area contributed by atoms with E-state index in [1.165, 1.54) is 22.3 Å². The van der Waals surface area contributed by atoms with Crippen molar-refractivity contribution in [1.82, 2.24) is 0 Å². The van der Waals surface area contributed by atoms with Gasteiger partial charge >= 0.3 is 35.3 Å². The molecule has 0 saturated heterocycles. The molecule has 2 rings (SSSR count). The molecule has 0 saturated carbocycles. The number of aliphatic imine (C=N–C) groups is 2. The van der Waals surface area contributed by atoms with E-state index < -0.39 is 16.5 Å². The predicted octanol–water partition coefficient (Wildman–Crippen LogP) is 9.66. The third kappa shape index (κ3) is 8.48. The summed E-state index contributed by atoms with van der Waals surface area (Å²) in [5.41, 5.74) is 7.37. The second-order valence-electron chi connectivity index (χ2n) is 8.79. The number of hydrogen-bond acceptors (Lipinski definition) is 2. The number of benzene rings is 2. The molecule has 0 unspecified atom stereocenters. The van der Waals surface area contributed by atoms with Crippen LogP contribution in [0.4, 0.5) is 11.4 Å². The molecule has 0 heterocycles. The fourth-order valence-electron chi connectivity index (χ4n) is 3.54. The van der Waals surface area contributed by atoms with E-state index in [2.05, 4.69) is 91.8 Å². The summed E-state index contributed by atoms with van der Waals surface area (Å²) in [6.07, 6.45) is 3.71. The normalized spacial score (nSPS) is 12.1. The molecule has 0 bridgehead atoms. The topological polar surface area (TPSA) is 24.7 Å². The van der Waals surface area contributed by atoms with Gasteiger partial charge in [-0.2, -0.15) is 0 Å². The Morgan fingerprint density at radius 1 is 0.581 bits per heavy atom. The zero-order valence-corrected chi connectivity index (χ0v) is 23.7. The maximum absolute atomic E-state index is 4.88. The van der Waals surface area contributed by atoms with E-state index in [-0.39, 0.29) is 0 Å². The fourth-order valence-corrected chi connectivity index (χ4v) is 3.54. The molecule has 2 aromatic carbocycles. The average molecular weight is 643 g/mol. The molecule has 0 aliphatic heterocycles. The summed E-state index contributed by atoms with van der Waals surface area (Å²) < 4.78 is 0. The van der Waals surface area contributed by atoms with E-state index in [4.69, 9.17) is 28.8 Å². The number of nitrogens with zero attached hydrogens (tertiary/aromatic N) is 2. The minimum absolute atomic E-state index is 0.442. The Hall–Kier alpha value is -0.952. The number of hydrogen-bond donors (Lipinski definition) is 0. The van der Waals surface area contributed by atoms with E-state index in [0.717, 1.165) is 11.4 Å². The van der Waals surface area contributed by atoms with Crippen molar-refractivity contribution >= 4 is 42.6 Å². The van der Waals surface area contributed by atoms with Crippen LogP contribution in [0.15, 0.2) is 46.4 Å². The molecular formula is C26H36Cl2N2Pt. The quantitative estimate of drug-likeness (QED) is 0.269. The van der Waals surface area contributed by atoms with Gasteiger partial charge in [0.05, 0.1) is 11.4 Å². The Bertz CT molecular complexity index is 748. The number of rotatable bonds is 7. The SMILES string of the molecule is CC(C)c1cccc(C(C)C)c1N=CC=Nc1c(C(C)C)cccc1C(C)C.[Cl][Pt][Cl]. The summed E-state index contributed by atoms with van der Waals surface area (Å²) in [4.78, 5) is 9.68. The Morgan fingerprint density at radius 2 is 0.806 bits per heavy atom. The summed E-state index contributed by atoms with van der Waals surface area (Å²) in [5.74, 6) is 1.77. The van der Waals surface area contributed by atoms with Gasteiger partial charge in [-0.05, 0) is 45.9 Å². The van der Waals surface area contributed by atoms with E-state index in [0.29, 0.717) is 23.7 Å². The van der Waals surface area contributed by atoms with Crippen LogP contribution in [0.2, 0.25) is 0 Å². The molecule has 0 fully saturated rings. The summed E-state index contributed by atoms with van der Waals surface area (Å²) in [6, 6.07) is 13.0. The first-order valence-electron chi connectivity index (χ1n) is 10.8. The monoisotopic (exact) mass is 641 g/mol. The summed E-state index contributed by atoms with van der Waals surface area (Å²) >= 11 is -0.472. The van der Waals surface area contributed by atoms with Crippen molar-refractivity contribution in [2.75, 3.05) is 0 Å². The van der Waals surface area contributed by atoms with Gasteiger partial charge in [0.25, 0.3) is 0 Å². The van der Waals surface area contributed by atoms with Crippen molar-refractivity contribution in [2.45, 2.75) is 79.1 Å². The summed E-state index contributed by atoms with van der Waals surface area (Å²) in [6.45, 7) is 17.8. The van der Waals surface area contributed by atoms with Crippen molar-refractivity contribution in [2.24, 2.45) is 9.98 Å². The van der Waals surface area contributed by atoms with Crippen LogP contribution in [0.5, 0.6) is 0 Å². The standard InChI is InChI=1S/C26H36N2.2ClH.Pt/c1-17(2)21-11-9-12-22(18(3)4)25(21)27-15-16-28-26-23(19(5)6)13-10-14-24(26)20(7)8;;;/h9-20H,1-8H3;2*1H;/q;;;+2/p-2. The molecule has 31 heavy (non-hydrogen) atoms. The van der Waals surface area contributed by atoms with E-state index in [1.807, 2.05) is 12.4 Å². The maximum atomic E-state index is 4.88. The van der Waals surface area contributed by atoms with Crippen LogP contribution in [-0.2, 0) is 16.5 Å². The molecule has 0 N–H and O–H groups in total. The van der Waals surface area contributed by atoms with Crippen molar-refractivity contribution in [3.8, 4) is 0 Å². The Kier molecular flexibility index (Phi) is 12.9.